The topological polar surface area (TPSA) is 65.1 Å². The fourth-order valence-corrected chi connectivity index (χ4v) is 4.21. The lowest BCUT2D eigenvalue weighted by Crippen LogP contribution is -2.56. The molecule has 3 heterocycles. The minimum atomic E-state index is -0.349. The SMILES string of the molecule is CC1CC(C)CN(C(=O)CN2CCN(C(=O)[C@H]3CNCCO3)CC2)C1. The summed E-state index contributed by atoms with van der Waals surface area (Å²) in [5.74, 6) is 1.49. The monoisotopic (exact) mass is 352 g/mol. The number of carbonyl (C=O) groups excluding carboxylic acids is 2. The molecule has 3 rings (SSSR count). The molecule has 0 radical (unpaired) electrons. The molecule has 3 aliphatic rings. The quantitative estimate of drug-likeness (QED) is 0.750. The highest BCUT2D eigenvalue weighted by molar-refractivity contribution is 5.81. The van der Waals surface area contributed by atoms with Crippen molar-refractivity contribution in [3.8, 4) is 0 Å². The number of amides is 2. The molecule has 0 aromatic carbocycles. The van der Waals surface area contributed by atoms with Crippen molar-refractivity contribution >= 4 is 11.8 Å². The van der Waals surface area contributed by atoms with E-state index in [2.05, 4.69) is 24.1 Å². The molecule has 142 valence electrons. The molecular weight excluding hydrogens is 320 g/mol. The second-order valence-electron chi connectivity index (χ2n) is 7.91. The van der Waals surface area contributed by atoms with Crippen LogP contribution in [0.5, 0.6) is 0 Å². The van der Waals surface area contributed by atoms with Gasteiger partial charge in [0.05, 0.1) is 13.2 Å². The van der Waals surface area contributed by atoms with Gasteiger partial charge in [-0.25, -0.2) is 0 Å². The molecule has 3 atom stereocenters. The Morgan fingerprint density at radius 3 is 2.32 bits per heavy atom. The van der Waals surface area contributed by atoms with E-state index in [9.17, 15) is 9.59 Å². The lowest BCUT2D eigenvalue weighted by atomic mass is 9.92. The molecule has 7 heteroatoms. The first kappa shape index (κ1) is 18.6. The molecule has 2 amide bonds. The van der Waals surface area contributed by atoms with Crippen molar-refractivity contribution in [3.05, 3.63) is 0 Å². The predicted octanol–water partition coefficient (Wildman–Crippen LogP) is -0.376. The van der Waals surface area contributed by atoms with E-state index in [0.29, 0.717) is 44.6 Å². The summed E-state index contributed by atoms with van der Waals surface area (Å²) >= 11 is 0. The van der Waals surface area contributed by atoms with Gasteiger partial charge in [0, 0.05) is 52.4 Å². The Hall–Kier alpha value is -1.18. The number of hydrogen-bond donors (Lipinski definition) is 1. The first-order valence-corrected chi connectivity index (χ1v) is 9.64. The molecule has 25 heavy (non-hydrogen) atoms. The van der Waals surface area contributed by atoms with E-state index in [1.54, 1.807) is 0 Å². The van der Waals surface area contributed by atoms with Crippen LogP contribution in [0.15, 0.2) is 0 Å². The fraction of sp³-hybridized carbons (Fsp3) is 0.889. The van der Waals surface area contributed by atoms with Crippen LogP contribution in [-0.2, 0) is 14.3 Å². The van der Waals surface area contributed by atoms with Gasteiger partial charge in [-0.15, -0.1) is 0 Å². The van der Waals surface area contributed by atoms with E-state index in [0.717, 1.165) is 32.7 Å². The summed E-state index contributed by atoms with van der Waals surface area (Å²) in [5, 5.41) is 3.20. The number of likely N-dealkylation sites (tertiary alicyclic amines) is 1. The fourth-order valence-electron chi connectivity index (χ4n) is 4.21. The van der Waals surface area contributed by atoms with Crippen molar-refractivity contribution in [1.29, 1.82) is 0 Å². The smallest absolute Gasteiger partial charge is 0.253 e. The van der Waals surface area contributed by atoms with Crippen LogP contribution in [-0.4, -0.2) is 98.1 Å². The zero-order chi connectivity index (χ0) is 17.8. The Bertz CT molecular complexity index is 463. The summed E-state index contributed by atoms with van der Waals surface area (Å²) in [6, 6.07) is 0. The molecule has 2 unspecified atom stereocenters. The maximum atomic E-state index is 12.6. The van der Waals surface area contributed by atoms with Gasteiger partial charge in [-0.1, -0.05) is 13.8 Å². The van der Waals surface area contributed by atoms with Crippen LogP contribution in [0.25, 0.3) is 0 Å². The van der Waals surface area contributed by atoms with Gasteiger partial charge in [-0.2, -0.15) is 0 Å². The first-order chi connectivity index (χ1) is 12.0. The lowest BCUT2D eigenvalue weighted by Gasteiger charge is -2.39. The minimum absolute atomic E-state index is 0.0804. The average Bonchev–Trinajstić information content (AvgIpc) is 2.61. The molecular formula is C18H32N4O3. The normalized spacial score (nSPS) is 31.8. The van der Waals surface area contributed by atoms with Crippen molar-refractivity contribution in [2.75, 3.05) is 65.5 Å². The number of piperidine rings is 1. The van der Waals surface area contributed by atoms with Gasteiger partial charge in [0.15, 0.2) is 0 Å². The minimum Gasteiger partial charge on any atom is -0.366 e. The number of hydrogen-bond acceptors (Lipinski definition) is 5. The van der Waals surface area contributed by atoms with Crippen LogP contribution < -0.4 is 5.32 Å². The average molecular weight is 352 g/mol. The third kappa shape index (κ3) is 4.92. The number of carbonyl (C=O) groups is 2. The Balaban J connectivity index is 1.42. The van der Waals surface area contributed by atoms with Crippen molar-refractivity contribution in [2.45, 2.75) is 26.4 Å². The summed E-state index contributed by atoms with van der Waals surface area (Å²) < 4.78 is 5.56. The Morgan fingerprint density at radius 2 is 1.72 bits per heavy atom. The molecule has 0 aliphatic carbocycles. The van der Waals surface area contributed by atoms with E-state index in [1.807, 2.05) is 9.80 Å². The van der Waals surface area contributed by atoms with Crippen LogP contribution in [0.4, 0.5) is 0 Å². The maximum absolute atomic E-state index is 12.6. The van der Waals surface area contributed by atoms with E-state index in [1.165, 1.54) is 6.42 Å². The van der Waals surface area contributed by atoms with Gasteiger partial charge < -0.3 is 19.9 Å². The highest BCUT2D eigenvalue weighted by Gasteiger charge is 2.31. The van der Waals surface area contributed by atoms with E-state index >= 15 is 0 Å². The van der Waals surface area contributed by atoms with Crippen LogP contribution in [0, 0.1) is 11.8 Å². The molecule has 0 aromatic heterocycles. The number of nitrogens with one attached hydrogen (secondary N) is 1. The van der Waals surface area contributed by atoms with Crippen molar-refractivity contribution < 1.29 is 14.3 Å². The van der Waals surface area contributed by atoms with E-state index < -0.39 is 0 Å². The molecule has 0 spiro atoms. The summed E-state index contributed by atoms with van der Waals surface area (Å²) in [7, 11) is 0. The molecule has 7 nitrogen and oxygen atoms in total. The number of nitrogens with zero attached hydrogens (tertiary/aromatic N) is 3. The van der Waals surface area contributed by atoms with Crippen molar-refractivity contribution in [1.82, 2.24) is 20.0 Å². The zero-order valence-corrected chi connectivity index (χ0v) is 15.6. The van der Waals surface area contributed by atoms with Crippen LogP contribution in [0.3, 0.4) is 0 Å². The molecule has 3 saturated heterocycles. The van der Waals surface area contributed by atoms with E-state index in [4.69, 9.17) is 4.74 Å². The van der Waals surface area contributed by atoms with Crippen LogP contribution in [0.1, 0.15) is 20.3 Å². The maximum Gasteiger partial charge on any atom is 0.253 e. The summed E-state index contributed by atoms with van der Waals surface area (Å²) in [6.07, 6.45) is 0.862. The first-order valence-electron chi connectivity index (χ1n) is 9.64. The van der Waals surface area contributed by atoms with Crippen LogP contribution in [0.2, 0.25) is 0 Å². The molecule has 0 bridgehead atoms. The molecule has 0 aromatic rings. The van der Waals surface area contributed by atoms with Gasteiger partial charge >= 0.3 is 0 Å². The van der Waals surface area contributed by atoms with Gasteiger partial charge in [-0.3, -0.25) is 14.5 Å². The van der Waals surface area contributed by atoms with Crippen molar-refractivity contribution in [3.63, 3.8) is 0 Å². The Kier molecular flexibility index (Phi) is 6.30. The zero-order valence-electron chi connectivity index (χ0n) is 15.6. The second-order valence-corrected chi connectivity index (χ2v) is 7.91. The molecule has 3 fully saturated rings. The van der Waals surface area contributed by atoms with Gasteiger partial charge in [0.2, 0.25) is 5.91 Å². The number of ether oxygens (including phenoxy) is 1. The van der Waals surface area contributed by atoms with Crippen LogP contribution >= 0.6 is 0 Å². The number of rotatable bonds is 3. The number of morpholine rings is 1. The van der Waals surface area contributed by atoms with E-state index in [-0.39, 0.29) is 17.9 Å². The summed E-state index contributed by atoms with van der Waals surface area (Å²) in [5.41, 5.74) is 0. The van der Waals surface area contributed by atoms with Crippen molar-refractivity contribution in [2.24, 2.45) is 11.8 Å². The largest absolute Gasteiger partial charge is 0.366 e. The van der Waals surface area contributed by atoms with Gasteiger partial charge in [0.25, 0.3) is 5.91 Å². The highest BCUT2D eigenvalue weighted by Crippen LogP contribution is 2.21. The van der Waals surface area contributed by atoms with Gasteiger partial charge in [0.1, 0.15) is 6.10 Å². The molecule has 3 aliphatic heterocycles. The summed E-state index contributed by atoms with van der Waals surface area (Å²) in [6.45, 7) is 11.6. The Labute approximate surface area is 150 Å². The van der Waals surface area contributed by atoms with Gasteiger partial charge in [-0.05, 0) is 18.3 Å². The standard InChI is InChI=1S/C18H32N4O3/c1-14-9-15(2)12-22(11-14)17(23)13-20-4-6-21(7-5-20)18(24)16-10-19-3-8-25-16/h14-16,19H,3-13H2,1-2H3/t14?,15?,16-/m1/s1. The third-order valence-corrected chi connectivity index (χ3v) is 5.47. The molecule has 1 N–H and O–H groups in total. The third-order valence-electron chi connectivity index (χ3n) is 5.47. The second kappa shape index (κ2) is 8.47. The highest BCUT2D eigenvalue weighted by atomic mass is 16.5. The predicted molar refractivity (Wildman–Crippen MR) is 95.2 cm³/mol. The lowest BCUT2D eigenvalue weighted by molar-refractivity contribution is -0.147. The summed E-state index contributed by atoms with van der Waals surface area (Å²) in [4.78, 5) is 31.1. The molecule has 0 saturated carbocycles. The number of piperazine rings is 1. The Morgan fingerprint density at radius 1 is 1.04 bits per heavy atom.